The molecule has 0 aliphatic carbocycles. The van der Waals surface area contributed by atoms with Crippen molar-refractivity contribution < 1.29 is 4.79 Å². The first kappa shape index (κ1) is 21.3. The Kier molecular flexibility index (Phi) is 7.25. The van der Waals surface area contributed by atoms with Crippen LogP contribution < -0.4 is 5.32 Å². The molecule has 0 radical (unpaired) electrons. The standard InChI is InChI=1S/C22H29N5OS/c1-5-6-7-10-15(2)23-20(28)19-12-9-8-11-18(19)14-29-22-25-21-24-16(3)13-17(4)27(21)26-22/h8-9,11-13,15H,5-7,10,14H2,1-4H3,(H,23,28). The van der Waals surface area contributed by atoms with Gasteiger partial charge in [0.2, 0.25) is 5.16 Å². The van der Waals surface area contributed by atoms with Crippen LogP contribution in [0, 0.1) is 13.8 Å². The van der Waals surface area contributed by atoms with Gasteiger partial charge in [0.1, 0.15) is 0 Å². The summed E-state index contributed by atoms with van der Waals surface area (Å²) in [4.78, 5) is 21.7. The van der Waals surface area contributed by atoms with Crippen molar-refractivity contribution in [3.8, 4) is 0 Å². The zero-order valence-corrected chi connectivity index (χ0v) is 18.4. The molecular weight excluding hydrogens is 382 g/mol. The summed E-state index contributed by atoms with van der Waals surface area (Å²) in [6, 6.07) is 9.90. The second kappa shape index (κ2) is 9.87. The second-order valence-corrected chi connectivity index (χ2v) is 8.40. The van der Waals surface area contributed by atoms with Gasteiger partial charge in [0.25, 0.3) is 11.7 Å². The summed E-state index contributed by atoms with van der Waals surface area (Å²) in [6.45, 7) is 8.20. The molecule has 1 unspecified atom stereocenters. The molecule has 154 valence electrons. The van der Waals surface area contributed by atoms with Crippen molar-refractivity contribution in [1.29, 1.82) is 0 Å². The van der Waals surface area contributed by atoms with Gasteiger partial charge in [-0.1, -0.05) is 56.1 Å². The van der Waals surface area contributed by atoms with Gasteiger partial charge in [-0.3, -0.25) is 4.79 Å². The molecule has 0 fully saturated rings. The first-order valence-electron chi connectivity index (χ1n) is 10.2. The van der Waals surface area contributed by atoms with Gasteiger partial charge in [0.05, 0.1) is 0 Å². The van der Waals surface area contributed by atoms with E-state index in [1.165, 1.54) is 24.6 Å². The molecule has 0 aliphatic heterocycles. The third kappa shape index (κ3) is 5.56. The molecule has 0 bridgehead atoms. The minimum Gasteiger partial charge on any atom is -0.350 e. The molecule has 1 aromatic carbocycles. The highest BCUT2D eigenvalue weighted by Gasteiger charge is 2.15. The Morgan fingerprint density at radius 2 is 2.00 bits per heavy atom. The van der Waals surface area contributed by atoms with E-state index in [0.717, 1.165) is 35.4 Å². The van der Waals surface area contributed by atoms with E-state index in [4.69, 9.17) is 0 Å². The summed E-state index contributed by atoms with van der Waals surface area (Å²) >= 11 is 1.52. The predicted molar refractivity (Wildman–Crippen MR) is 117 cm³/mol. The Balaban J connectivity index is 1.68. The third-order valence-electron chi connectivity index (χ3n) is 4.84. The minimum atomic E-state index is -0.0127. The fraction of sp³-hybridized carbons (Fsp3) is 0.455. The van der Waals surface area contributed by atoms with Crippen molar-refractivity contribution in [2.24, 2.45) is 0 Å². The van der Waals surface area contributed by atoms with E-state index in [9.17, 15) is 4.79 Å². The van der Waals surface area contributed by atoms with E-state index in [-0.39, 0.29) is 11.9 Å². The lowest BCUT2D eigenvalue weighted by molar-refractivity contribution is 0.0937. The normalized spacial score (nSPS) is 12.3. The van der Waals surface area contributed by atoms with Crippen LogP contribution in [-0.4, -0.2) is 31.5 Å². The van der Waals surface area contributed by atoms with Gasteiger partial charge in [-0.25, -0.2) is 9.50 Å². The third-order valence-corrected chi connectivity index (χ3v) is 5.72. The fourth-order valence-corrected chi connectivity index (χ4v) is 4.12. The molecule has 6 nitrogen and oxygen atoms in total. The number of carbonyl (C=O) groups excluding carboxylic acids is 1. The van der Waals surface area contributed by atoms with Crippen LogP contribution in [0.15, 0.2) is 35.5 Å². The van der Waals surface area contributed by atoms with Crippen LogP contribution in [0.1, 0.15) is 66.8 Å². The average Bonchev–Trinajstić information content (AvgIpc) is 3.10. The number of amides is 1. The highest BCUT2D eigenvalue weighted by atomic mass is 32.2. The Morgan fingerprint density at radius 1 is 1.21 bits per heavy atom. The maximum Gasteiger partial charge on any atom is 0.253 e. The second-order valence-electron chi connectivity index (χ2n) is 7.46. The zero-order valence-electron chi connectivity index (χ0n) is 17.6. The van der Waals surface area contributed by atoms with Gasteiger partial charge in [0, 0.05) is 28.7 Å². The first-order valence-corrected chi connectivity index (χ1v) is 11.2. The SMILES string of the molecule is CCCCCC(C)NC(=O)c1ccccc1CSc1nc2nc(C)cc(C)n2n1. The number of nitrogens with zero attached hydrogens (tertiary/aromatic N) is 4. The number of thioether (sulfide) groups is 1. The molecule has 2 aromatic heterocycles. The number of aromatic nitrogens is 4. The smallest absolute Gasteiger partial charge is 0.253 e. The highest BCUT2D eigenvalue weighted by molar-refractivity contribution is 7.98. The highest BCUT2D eigenvalue weighted by Crippen LogP contribution is 2.23. The van der Waals surface area contributed by atoms with Crippen molar-refractivity contribution >= 4 is 23.4 Å². The van der Waals surface area contributed by atoms with E-state index in [1.807, 2.05) is 44.2 Å². The largest absolute Gasteiger partial charge is 0.350 e. The summed E-state index contributed by atoms with van der Waals surface area (Å²) in [5, 5.41) is 8.34. The quantitative estimate of drug-likeness (QED) is 0.407. The Bertz CT molecular complexity index is 984. The number of hydrogen-bond acceptors (Lipinski definition) is 5. The summed E-state index contributed by atoms with van der Waals surface area (Å²) in [7, 11) is 0. The maximum absolute atomic E-state index is 12.8. The van der Waals surface area contributed by atoms with E-state index in [1.54, 1.807) is 4.52 Å². The van der Waals surface area contributed by atoms with E-state index in [0.29, 0.717) is 16.7 Å². The molecule has 3 aromatic rings. The number of benzene rings is 1. The van der Waals surface area contributed by atoms with Gasteiger partial charge in [-0.2, -0.15) is 4.98 Å². The topological polar surface area (TPSA) is 72.2 Å². The Morgan fingerprint density at radius 3 is 2.79 bits per heavy atom. The van der Waals surface area contributed by atoms with Crippen LogP contribution in [0.3, 0.4) is 0 Å². The molecule has 1 N–H and O–H groups in total. The number of carbonyl (C=O) groups is 1. The summed E-state index contributed by atoms with van der Waals surface area (Å²) in [5.74, 6) is 1.22. The van der Waals surface area contributed by atoms with Gasteiger partial charge < -0.3 is 5.32 Å². The number of fused-ring (bicyclic) bond motifs is 1. The average molecular weight is 412 g/mol. The summed E-state index contributed by atoms with van der Waals surface area (Å²) in [5.41, 5.74) is 3.63. The van der Waals surface area contributed by atoms with Gasteiger partial charge in [-0.05, 0) is 44.9 Å². The molecule has 1 amide bonds. The molecule has 3 rings (SSSR count). The van der Waals surface area contributed by atoms with Crippen LogP contribution in [0.5, 0.6) is 0 Å². The van der Waals surface area contributed by atoms with Crippen LogP contribution in [-0.2, 0) is 5.75 Å². The van der Waals surface area contributed by atoms with Gasteiger partial charge >= 0.3 is 0 Å². The molecule has 1 atom stereocenters. The van der Waals surface area contributed by atoms with Crippen molar-refractivity contribution in [2.75, 3.05) is 0 Å². The van der Waals surface area contributed by atoms with Crippen LogP contribution in [0.4, 0.5) is 0 Å². The van der Waals surface area contributed by atoms with Crippen LogP contribution in [0.25, 0.3) is 5.78 Å². The van der Waals surface area contributed by atoms with Gasteiger partial charge in [0.15, 0.2) is 0 Å². The molecule has 29 heavy (non-hydrogen) atoms. The predicted octanol–water partition coefficient (Wildman–Crippen LogP) is 4.73. The molecule has 7 heteroatoms. The lowest BCUT2D eigenvalue weighted by Crippen LogP contribution is -2.33. The number of nitrogens with one attached hydrogen (secondary N) is 1. The Hall–Kier alpha value is -2.41. The summed E-state index contributed by atoms with van der Waals surface area (Å²) < 4.78 is 1.76. The minimum absolute atomic E-state index is 0.0127. The zero-order chi connectivity index (χ0) is 20.8. The monoisotopic (exact) mass is 411 g/mol. The first-order chi connectivity index (χ1) is 14.0. The van der Waals surface area contributed by atoms with Crippen LogP contribution in [0.2, 0.25) is 0 Å². The van der Waals surface area contributed by atoms with E-state index < -0.39 is 0 Å². The molecule has 2 heterocycles. The van der Waals surface area contributed by atoms with Crippen molar-refractivity contribution in [3.63, 3.8) is 0 Å². The van der Waals surface area contributed by atoms with Crippen molar-refractivity contribution in [2.45, 2.75) is 70.3 Å². The lowest BCUT2D eigenvalue weighted by atomic mass is 10.1. The van der Waals surface area contributed by atoms with Crippen molar-refractivity contribution in [1.82, 2.24) is 24.9 Å². The number of hydrogen-bond donors (Lipinski definition) is 1. The number of rotatable bonds is 9. The molecule has 0 aliphatic rings. The lowest BCUT2D eigenvalue weighted by Gasteiger charge is -2.15. The van der Waals surface area contributed by atoms with E-state index in [2.05, 4.69) is 34.2 Å². The van der Waals surface area contributed by atoms with Crippen molar-refractivity contribution in [3.05, 3.63) is 52.8 Å². The number of aryl methyl sites for hydroxylation is 2. The molecule has 0 saturated carbocycles. The van der Waals surface area contributed by atoms with Gasteiger partial charge in [-0.15, -0.1) is 5.10 Å². The number of unbranched alkanes of at least 4 members (excludes halogenated alkanes) is 2. The summed E-state index contributed by atoms with van der Waals surface area (Å²) in [6.07, 6.45) is 4.54. The van der Waals surface area contributed by atoms with Crippen LogP contribution >= 0.6 is 11.8 Å². The fourth-order valence-electron chi connectivity index (χ4n) is 3.29. The Labute approximate surface area is 176 Å². The van der Waals surface area contributed by atoms with E-state index >= 15 is 0 Å². The molecular formula is C22H29N5OS. The molecule has 0 spiro atoms. The maximum atomic E-state index is 12.8. The molecule has 0 saturated heterocycles.